The van der Waals surface area contributed by atoms with Crippen LogP contribution in [0.4, 0.5) is 0 Å². The van der Waals surface area contributed by atoms with Gasteiger partial charge in [-0.15, -0.1) is 0 Å². The fraction of sp³-hybridized carbons (Fsp3) is 0.273. The minimum atomic E-state index is -0.962. The van der Waals surface area contributed by atoms with E-state index in [0.29, 0.717) is 12.8 Å². The molecule has 0 saturated heterocycles. The van der Waals surface area contributed by atoms with Crippen LogP contribution in [0.25, 0.3) is 0 Å². The Balaban J connectivity index is 1.54. The molecule has 0 aromatic heterocycles. The van der Waals surface area contributed by atoms with Crippen molar-refractivity contribution in [2.24, 2.45) is 0 Å². The van der Waals surface area contributed by atoms with Crippen LogP contribution in [0, 0.1) is 0 Å². The third-order valence-corrected chi connectivity index (χ3v) is 5.60. The summed E-state index contributed by atoms with van der Waals surface area (Å²) in [6.45, 7) is 0.163. The van der Waals surface area contributed by atoms with Crippen molar-refractivity contribution in [2.75, 3.05) is 0 Å². The number of nitrogens with zero attached hydrogens (tertiary/aromatic N) is 1. The molecule has 148 valence electrons. The number of benzene rings is 2. The van der Waals surface area contributed by atoms with Crippen molar-refractivity contribution in [3.63, 3.8) is 0 Å². The Kier molecular flexibility index (Phi) is 4.66. The van der Waals surface area contributed by atoms with Gasteiger partial charge in [0.2, 0.25) is 0 Å². The number of amides is 3. The highest BCUT2D eigenvalue weighted by molar-refractivity contribution is 6.22. The number of hydrogen-bond donors (Lipinski definition) is 2. The van der Waals surface area contributed by atoms with Gasteiger partial charge < -0.3 is 10.4 Å². The predicted molar refractivity (Wildman–Crippen MR) is 103 cm³/mol. The molecular weight excluding hydrogens is 372 g/mol. The number of imide groups is 1. The van der Waals surface area contributed by atoms with Crippen molar-refractivity contribution in [3.05, 3.63) is 70.8 Å². The first-order valence-corrected chi connectivity index (χ1v) is 9.47. The summed E-state index contributed by atoms with van der Waals surface area (Å²) in [5.41, 5.74) is 0.802. The summed E-state index contributed by atoms with van der Waals surface area (Å²) in [4.78, 5) is 50.4. The second kappa shape index (κ2) is 7.16. The fourth-order valence-corrected chi connectivity index (χ4v) is 3.89. The molecule has 2 aromatic carbocycles. The lowest BCUT2D eigenvalue weighted by Crippen LogP contribution is -2.54. The van der Waals surface area contributed by atoms with Gasteiger partial charge in [0.1, 0.15) is 0 Å². The summed E-state index contributed by atoms with van der Waals surface area (Å²) in [5, 5.41) is 11.9. The van der Waals surface area contributed by atoms with Crippen LogP contribution in [0.15, 0.2) is 48.5 Å². The third kappa shape index (κ3) is 3.51. The summed E-state index contributed by atoms with van der Waals surface area (Å²) in [6.07, 6.45) is 1.95. The van der Waals surface area contributed by atoms with Crippen molar-refractivity contribution >= 4 is 23.7 Å². The zero-order chi connectivity index (χ0) is 20.6. The molecule has 0 radical (unpaired) electrons. The summed E-state index contributed by atoms with van der Waals surface area (Å²) >= 11 is 0. The summed E-state index contributed by atoms with van der Waals surface area (Å²) in [7, 11) is 0. The second-order valence-corrected chi connectivity index (χ2v) is 7.60. The first kappa shape index (κ1) is 18.9. The molecule has 1 saturated carbocycles. The Morgan fingerprint density at radius 2 is 1.69 bits per heavy atom. The Hall–Kier alpha value is -3.48. The summed E-state index contributed by atoms with van der Waals surface area (Å²) in [5.74, 6) is -2.22. The van der Waals surface area contributed by atoms with Gasteiger partial charge >= 0.3 is 5.97 Å². The minimum Gasteiger partial charge on any atom is -0.481 e. The number of carbonyl (C=O) groups excluding carboxylic acids is 3. The van der Waals surface area contributed by atoms with E-state index >= 15 is 0 Å². The molecule has 0 unspecified atom stereocenters. The molecule has 1 fully saturated rings. The molecule has 2 N–H and O–H groups in total. The number of aliphatic carboxylic acids is 1. The normalized spacial score (nSPS) is 16.9. The van der Waals surface area contributed by atoms with Gasteiger partial charge in [-0.3, -0.25) is 24.1 Å². The Bertz CT molecular complexity index is 1010. The molecule has 4 rings (SSSR count). The highest BCUT2D eigenvalue weighted by Gasteiger charge is 2.41. The first-order chi connectivity index (χ1) is 13.9. The highest BCUT2D eigenvalue weighted by atomic mass is 16.4. The van der Waals surface area contributed by atoms with E-state index < -0.39 is 23.3 Å². The number of fused-ring (bicyclic) bond motifs is 1. The summed E-state index contributed by atoms with van der Waals surface area (Å²) in [6, 6.07) is 13.6. The Labute approximate surface area is 167 Å². The maximum Gasteiger partial charge on any atom is 0.305 e. The van der Waals surface area contributed by atoms with Gasteiger partial charge in [0.15, 0.2) is 0 Å². The van der Waals surface area contributed by atoms with E-state index in [2.05, 4.69) is 5.32 Å². The zero-order valence-electron chi connectivity index (χ0n) is 15.7. The van der Waals surface area contributed by atoms with E-state index in [1.165, 1.54) is 23.1 Å². The molecular formula is C22H20N2O5. The SMILES string of the molecule is O=C(O)CC1(NC(=O)c2ccc3c(c2)C(=O)N(Cc2ccccc2)C3=O)CCC1. The smallest absolute Gasteiger partial charge is 0.305 e. The molecule has 0 bridgehead atoms. The monoisotopic (exact) mass is 392 g/mol. The van der Waals surface area contributed by atoms with Crippen LogP contribution in [0.3, 0.4) is 0 Å². The Morgan fingerprint density at radius 3 is 2.31 bits per heavy atom. The van der Waals surface area contributed by atoms with Crippen molar-refractivity contribution in [2.45, 2.75) is 37.8 Å². The van der Waals surface area contributed by atoms with Crippen LogP contribution in [0.1, 0.15) is 62.3 Å². The van der Waals surface area contributed by atoms with Crippen molar-refractivity contribution < 1.29 is 24.3 Å². The topological polar surface area (TPSA) is 104 Å². The van der Waals surface area contributed by atoms with E-state index in [1.54, 1.807) is 0 Å². The van der Waals surface area contributed by atoms with Crippen LogP contribution in [-0.4, -0.2) is 39.2 Å². The van der Waals surface area contributed by atoms with E-state index in [4.69, 9.17) is 5.11 Å². The molecule has 1 aliphatic carbocycles. The van der Waals surface area contributed by atoms with Crippen LogP contribution < -0.4 is 5.32 Å². The van der Waals surface area contributed by atoms with Gasteiger partial charge in [-0.2, -0.15) is 0 Å². The van der Waals surface area contributed by atoms with Gasteiger partial charge in [0.25, 0.3) is 17.7 Å². The van der Waals surface area contributed by atoms with Gasteiger partial charge in [-0.1, -0.05) is 30.3 Å². The molecule has 2 aromatic rings. The summed E-state index contributed by atoms with van der Waals surface area (Å²) < 4.78 is 0. The average molecular weight is 392 g/mol. The molecule has 0 spiro atoms. The molecule has 29 heavy (non-hydrogen) atoms. The van der Waals surface area contributed by atoms with E-state index in [-0.39, 0.29) is 35.6 Å². The van der Waals surface area contributed by atoms with Crippen molar-refractivity contribution in [3.8, 4) is 0 Å². The number of nitrogens with one attached hydrogen (secondary N) is 1. The van der Waals surface area contributed by atoms with Crippen molar-refractivity contribution in [1.29, 1.82) is 0 Å². The molecule has 1 heterocycles. The first-order valence-electron chi connectivity index (χ1n) is 9.47. The van der Waals surface area contributed by atoms with Crippen LogP contribution in [-0.2, 0) is 11.3 Å². The van der Waals surface area contributed by atoms with Crippen LogP contribution in [0.5, 0.6) is 0 Å². The van der Waals surface area contributed by atoms with E-state index in [9.17, 15) is 19.2 Å². The standard InChI is InChI=1S/C22H20N2O5/c25-18(26)12-22(9-4-10-22)23-19(27)15-7-8-16-17(11-15)21(29)24(20(16)28)13-14-5-2-1-3-6-14/h1-3,5-8,11H,4,9-10,12-13H2,(H,23,27)(H,25,26). The largest absolute Gasteiger partial charge is 0.481 e. The van der Waals surface area contributed by atoms with Crippen molar-refractivity contribution in [1.82, 2.24) is 10.2 Å². The molecule has 7 heteroatoms. The van der Waals surface area contributed by atoms with Crippen LogP contribution >= 0.6 is 0 Å². The third-order valence-electron chi connectivity index (χ3n) is 5.60. The number of carbonyl (C=O) groups is 4. The average Bonchev–Trinajstić information content (AvgIpc) is 2.91. The predicted octanol–water partition coefficient (Wildman–Crippen LogP) is 2.61. The van der Waals surface area contributed by atoms with E-state index in [1.807, 2.05) is 30.3 Å². The number of carboxylic acid groups (broad SMARTS) is 1. The lowest BCUT2D eigenvalue weighted by atomic mass is 9.74. The molecule has 3 amide bonds. The lowest BCUT2D eigenvalue weighted by Gasteiger charge is -2.41. The highest BCUT2D eigenvalue weighted by Crippen LogP contribution is 2.35. The maximum absolute atomic E-state index is 12.8. The zero-order valence-corrected chi connectivity index (χ0v) is 15.7. The molecule has 2 aliphatic rings. The molecule has 7 nitrogen and oxygen atoms in total. The van der Waals surface area contributed by atoms with Gasteiger partial charge in [-0.25, -0.2) is 0 Å². The number of carboxylic acids is 1. The molecule has 0 atom stereocenters. The Morgan fingerprint density at radius 1 is 1.00 bits per heavy atom. The number of rotatable bonds is 6. The maximum atomic E-state index is 12.8. The minimum absolute atomic E-state index is 0.133. The van der Waals surface area contributed by atoms with Gasteiger partial charge in [-0.05, 0) is 43.0 Å². The fourth-order valence-electron chi connectivity index (χ4n) is 3.89. The van der Waals surface area contributed by atoms with Gasteiger partial charge in [0, 0.05) is 5.56 Å². The van der Waals surface area contributed by atoms with E-state index in [0.717, 1.165) is 12.0 Å². The quantitative estimate of drug-likeness (QED) is 0.736. The lowest BCUT2D eigenvalue weighted by molar-refractivity contribution is -0.139. The second-order valence-electron chi connectivity index (χ2n) is 7.60. The molecule has 1 aliphatic heterocycles. The van der Waals surface area contributed by atoms with Crippen LogP contribution in [0.2, 0.25) is 0 Å². The number of hydrogen-bond acceptors (Lipinski definition) is 4. The van der Waals surface area contributed by atoms with Gasteiger partial charge in [0.05, 0.1) is 29.6 Å².